The Balaban J connectivity index is 1.83. The largest absolute Gasteiger partial charge is 0.337 e. The molecule has 0 saturated heterocycles. The Morgan fingerprint density at radius 2 is 2.40 bits per heavy atom. The minimum Gasteiger partial charge on any atom is -0.337 e. The SMILES string of the molecule is C=CCSCCNCCCn1ccnc1. The summed E-state index contributed by atoms with van der Waals surface area (Å²) < 4.78 is 2.11. The van der Waals surface area contributed by atoms with Gasteiger partial charge in [0, 0.05) is 37.0 Å². The van der Waals surface area contributed by atoms with E-state index < -0.39 is 0 Å². The van der Waals surface area contributed by atoms with E-state index in [0.29, 0.717) is 0 Å². The lowest BCUT2D eigenvalue weighted by Crippen LogP contribution is -2.19. The van der Waals surface area contributed by atoms with Crippen LogP contribution in [0.1, 0.15) is 6.42 Å². The zero-order chi connectivity index (χ0) is 10.8. The maximum atomic E-state index is 4.00. The van der Waals surface area contributed by atoms with Crippen LogP contribution in [0.5, 0.6) is 0 Å². The number of imidazole rings is 1. The van der Waals surface area contributed by atoms with Gasteiger partial charge in [-0.15, -0.1) is 6.58 Å². The molecule has 0 bridgehead atoms. The molecule has 0 aliphatic rings. The molecule has 1 aromatic rings. The number of aryl methyl sites for hydroxylation is 1. The van der Waals surface area contributed by atoms with Crippen LogP contribution in [0.25, 0.3) is 0 Å². The Kier molecular flexibility index (Phi) is 7.04. The topological polar surface area (TPSA) is 29.9 Å². The number of hydrogen-bond acceptors (Lipinski definition) is 3. The van der Waals surface area contributed by atoms with Crippen LogP contribution in [0.3, 0.4) is 0 Å². The quantitative estimate of drug-likeness (QED) is 0.513. The van der Waals surface area contributed by atoms with Gasteiger partial charge in [-0.2, -0.15) is 11.8 Å². The fourth-order valence-corrected chi connectivity index (χ4v) is 1.86. The molecule has 0 saturated carbocycles. The van der Waals surface area contributed by atoms with Gasteiger partial charge >= 0.3 is 0 Å². The highest BCUT2D eigenvalue weighted by atomic mass is 32.2. The average molecular weight is 225 g/mol. The predicted octanol–water partition coefficient (Wildman–Crippen LogP) is 1.78. The van der Waals surface area contributed by atoms with Crippen molar-refractivity contribution in [2.45, 2.75) is 13.0 Å². The van der Waals surface area contributed by atoms with Crippen LogP contribution in [-0.2, 0) is 6.54 Å². The molecule has 4 heteroatoms. The van der Waals surface area contributed by atoms with E-state index in [0.717, 1.165) is 37.6 Å². The Hall–Kier alpha value is -0.740. The summed E-state index contributed by atoms with van der Waals surface area (Å²) in [4.78, 5) is 4.00. The molecule has 0 aliphatic carbocycles. The minimum atomic E-state index is 1.05. The standard InChI is InChI=1S/C11H19N3S/c1-2-9-15-10-6-12-4-3-7-14-8-5-13-11-14/h2,5,8,11-12H,1,3-4,6-7,9-10H2. The molecule has 0 spiro atoms. The fourth-order valence-electron chi connectivity index (χ4n) is 1.24. The number of nitrogens with zero attached hydrogens (tertiary/aromatic N) is 2. The van der Waals surface area contributed by atoms with Gasteiger partial charge in [-0.1, -0.05) is 6.08 Å². The highest BCUT2D eigenvalue weighted by Gasteiger charge is 1.90. The van der Waals surface area contributed by atoms with Crippen molar-refractivity contribution in [2.75, 3.05) is 24.6 Å². The molecule has 1 rings (SSSR count). The van der Waals surface area contributed by atoms with Crippen LogP contribution >= 0.6 is 11.8 Å². The molecule has 0 radical (unpaired) electrons. The first-order valence-electron chi connectivity index (χ1n) is 5.28. The lowest BCUT2D eigenvalue weighted by Gasteiger charge is -2.04. The van der Waals surface area contributed by atoms with Gasteiger partial charge in [-0.3, -0.25) is 0 Å². The molecule has 1 heterocycles. The third kappa shape index (κ3) is 6.36. The molecule has 0 amide bonds. The monoisotopic (exact) mass is 225 g/mol. The van der Waals surface area contributed by atoms with Crippen molar-refractivity contribution in [1.82, 2.24) is 14.9 Å². The van der Waals surface area contributed by atoms with Crippen LogP contribution in [0, 0.1) is 0 Å². The summed E-state index contributed by atoms with van der Waals surface area (Å²) in [5, 5.41) is 3.42. The van der Waals surface area contributed by atoms with Gasteiger partial charge in [0.05, 0.1) is 6.33 Å². The molecule has 0 unspecified atom stereocenters. The summed E-state index contributed by atoms with van der Waals surface area (Å²) in [6, 6.07) is 0. The predicted molar refractivity (Wildman–Crippen MR) is 67.2 cm³/mol. The van der Waals surface area contributed by atoms with Crippen molar-refractivity contribution in [3.05, 3.63) is 31.4 Å². The first-order chi connectivity index (χ1) is 7.43. The lowest BCUT2D eigenvalue weighted by molar-refractivity contribution is 0.593. The van der Waals surface area contributed by atoms with Crippen molar-refractivity contribution in [2.24, 2.45) is 0 Å². The second-order valence-electron chi connectivity index (χ2n) is 3.27. The minimum absolute atomic E-state index is 1.05. The number of hydrogen-bond donors (Lipinski definition) is 1. The van der Waals surface area contributed by atoms with E-state index in [9.17, 15) is 0 Å². The zero-order valence-electron chi connectivity index (χ0n) is 9.06. The second-order valence-corrected chi connectivity index (χ2v) is 4.42. The average Bonchev–Trinajstić information content (AvgIpc) is 2.75. The van der Waals surface area contributed by atoms with Crippen molar-refractivity contribution in [3.8, 4) is 0 Å². The highest BCUT2D eigenvalue weighted by Crippen LogP contribution is 1.97. The first kappa shape index (κ1) is 12.3. The van der Waals surface area contributed by atoms with Crippen molar-refractivity contribution < 1.29 is 0 Å². The third-order valence-corrected chi connectivity index (χ3v) is 2.95. The van der Waals surface area contributed by atoms with Crippen molar-refractivity contribution >= 4 is 11.8 Å². The van der Waals surface area contributed by atoms with Gasteiger partial charge in [-0.05, 0) is 13.0 Å². The molecule has 0 aromatic carbocycles. The number of thioether (sulfide) groups is 1. The van der Waals surface area contributed by atoms with E-state index in [1.165, 1.54) is 0 Å². The normalized spacial score (nSPS) is 10.4. The summed E-state index contributed by atoms with van der Waals surface area (Å²) >= 11 is 1.91. The molecule has 0 fully saturated rings. The molecule has 84 valence electrons. The molecular weight excluding hydrogens is 206 g/mol. The lowest BCUT2D eigenvalue weighted by atomic mass is 10.4. The summed E-state index contributed by atoms with van der Waals surface area (Å²) in [5.74, 6) is 2.22. The Morgan fingerprint density at radius 1 is 1.47 bits per heavy atom. The molecule has 1 aromatic heterocycles. The molecule has 1 N–H and O–H groups in total. The van der Waals surface area contributed by atoms with Crippen molar-refractivity contribution in [3.63, 3.8) is 0 Å². The van der Waals surface area contributed by atoms with E-state index >= 15 is 0 Å². The highest BCUT2D eigenvalue weighted by molar-refractivity contribution is 7.99. The van der Waals surface area contributed by atoms with E-state index in [-0.39, 0.29) is 0 Å². The van der Waals surface area contributed by atoms with Gasteiger partial charge in [0.15, 0.2) is 0 Å². The summed E-state index contributed by atoms with van der Waals surface area (Å²) in [7, 11) is 0. The maximum Gasteiger partial charge on any atom is 0.0945 e. The molecule has 0 atom stereocenters. The Labute approximate surface area is 96.0 Å². The van der Waals surface area contributed by atoms with Gasteiger partial charge in [0.1, 0.15) is 0 Å². The van der Waals surface area contributed by atoms with E-state index in [4.69, 9.17) is 0 Å². The zero-order valence-corrected chi connectivity index (χ0v) is 9.88. The summed E-state index contributed by atoms with van der Waals surface area (Å²) in [6.45, 7) is 6.90. The summed E-state index contributed by atoms with van der Waals surface area (Å²) in [6.07, 6.45) is 8.78. The fraction of sp³-hybridized carbons (Fsp3) is 0.545. The van der Waals surface area contributed by atoms with Crippen LogP contribution in [0.4, 0.5) is 0 Å². The Bertz CT molecular complexity index is 246. The van der Waals surface area contributed by atoms with E-state index in [2.05, 4.69) is 21.4 Å². The number of nitrogens with one attached hydrogen (secondary N) is 1. The summed E-state index contributed by atoms with van der Waals surface area (Å²) in [5.41, 5.74) is 0. The first-order valence-corrected chi connectivity index (χ1v) is 6.44. The van der Waals surface area contributed by atoms with Gasteiger partial charge < -0.3 is 9.88 Å². The number of rotatable bonds is 9. The van der Waals surface area contributed by atoms with E-state index in [1.807, 2.05) is 36.6 Å². The van der Waals surface area contributed by atoms with E-state index in [1.54, 1.807) is 0 Å². The van der Waals surface area contributed by atoms with Gasteiger partial charge in [0.25, 0.3) is 0 Å². The van der Waals surface area contributed by atoms with Crippen molar-refractivity contribution in [1.29, 1.82) is 0 Å². The number of aromatic nitrogens is 2. The van der Waals surface area contributed by atoms with Crippen LogP contribution in [0.2, 0.25) is 0 Å². The smallest absolute Gasteiger partial charge is 0.0945 e. The van der Waals surface area contributed by atoms with Gasteiger partial charge in [-0.25, -0.2) is 4.98 Å². The van der Waals surface area contributed by atoms with Crippen LogP contribution in [0.15, 0.2) is 31.4 Å². The molecule has 0 aliphatic heterocycles. The molecule has 3 nitrogen and oxygen atoms in total. The molecule has 15 heavy (non-hydrogen) atoms. The maximum absolute atomic E-state index is 4.00. The van der Waals surface area contributed by atoms with Gasteiger partial charge in [0.2, 0.25) is 0 Å². The Morgan fingerprint density at radius 3 is 3.13 bits per heavy atom. The second kappa shape index (κ2) is 8.56. The third-order valence-electron chi connectivity index (χ3n) is 1.99. The van der Waals surface area contributed by atoms with Crippen LogP contribution in [-0.4, -0.2) is 34.1 Å². The molecular formula is C11H19N3S. The van der Waals surface area contributed by atoms with Crippen LogP contribution < -0.4 is 5.32 Å².